The molecule has 128 valence electrons. The average molecular weight is 448 g/mol. The summed E-state index contributed by atoms with van der Waals surface area (Å²) in [6.45, 7) is 11.8. The van der Waals surface area contributed by atoms with Crippen molar-refractivity contribution in [1.29, 1.82) is 0 Å². The van der Waals surface area contributed by atoms with Crippen LogP contribution in [0.3, 0.4) is 0 Å². The van der Waals surface area contributed by atoms with Gasteiger partial charge in [-0.25, -0.2) is 4.79 Å². The molecule has 0 spiro atoms. The van der Waals surface area contributed by atoms with Gasteiger partial charge in [0.1, 0.15) is 5.60 Å². The summed E-state index contributed by atoms with van der Waals surface area (Å²) in [6.07, 6.45) is -0.209. The normalized spacial score (nSPS) is 16.5. The number of ether oxygens (including phenoxy) is 1. The Morgan fingerprint density at radius 3 is 2.39 bits per heavy atom. The first-order valence-corrected chi connectivity index (χ1v) is 9.36. The zero-order valence-electron chi connectivity index (χ0n) is 14.2. The fourth-order valence-electron chi connectivity index (χ4n) is 2.48. The van der Waals surface area contributed by atoms with Gasteiger partial charge in [0.15, 0.2) is 0 Å². The van der Waals surface area contributed by atoms with E-state index in [2.05, 4.69) is 59.2 Å². The van der Waals surface area contributed by atoms with E-state index in [0.717, 1.165) is 24.5 Å². The van der Waals surface area contributed by atoms with Crippen LogP contribution < -0.4 is 0 Å². The van der Waals surface area contributed by atoms with Crippen molar-refractivity contribution in [2.75, 3.05) is 26.2 Å². The fourth-order valence-corrected chi connectivity index (χ4v) is 3.67. The Kier molecular flexibility index (Phi) is 6.24. The lowest BCUT2D eigenvalue weighted by atomic mass is 10.1. The van der Waals surface area contributed by atoms with Crippen LogP contribution in [0.2, 0.25) is 0 Å². The first-order valence-electron chi connectivity index (χ1n) is 7.84. The van der Waals surface area contributed by atoms with Gasteiger partial charge >= 0.3 is 6.09 Å². The quantitative estimate of drug-likeness (QED) is 0.550. The highest BCUT2D eigenvalue weighted by Crippen LogP contribution is 2.23. The molecule has 1 saturated heterocycles. The SMILES string of the molecule is Cc1c(S)cc(CN2CCN(C(=O)OC(C)(C)C)CC2)cc1I. The number of carbonyl (C=O) groups is 1. The van der Waals surface area contributed by atoms with Crippen LogP contribution in [0.4, 0.5) is 4.79 Å². The van der Waals surface area contributed by atoms with E-state index in [9.17, 15) is 4.79 Å². The molecular formula is C17H25IN2O2S. The van der Waals surface area contributed by atoms with E-state index < -0.39 is 5.60 Å². The number of carbonyl (C=O) groups excluding carboxylic acids is 1. The molecule has 1 amide bonds. The number of thiol groups is 1. The van der Waals surface area contributed by atoms with Crippen LogP contribution >= 0.6 is 35.2 Å². The van der Waals surface area contributed by atoms with Crippen LogP contribution in [-0.2, 0) is 11.3 Å². The molecule has 0 aliphatic carbocycles. The number of rotatable bonds is 2. The number of halogens is 1. The Bertz CT molecular complexity index is 555. The molecule has 0 N–H and O–H groups in total. The second-order valence-corrected chi connectivity index (χ2v) is 8.61. The summed E-state index contributed by atoms with van der Waals surface area (Å²) in [4.78, 5) is 17.3. The van der Waals surface area contributed by atoms with Gasteiger partial charge in [0.25, 0.3) is 0 Å². The van der Waals surface area contributed by atoms with Crippen LogP contribution in [0.15, 0.2) is 17.0 Å². The van der Waals surface area contributed by atoms with Crippen LogP contribution in [0.5, 0.6) is 0 Å². The number of piperazine rings is 1. The molecule has 1 aromatic rings. The van der Waals surface area contributed by atoms with E-state index in [0.29, 0.717) is 13.1 Å². The van der Waals surface area contributed by atoms with Gasteiger partial charge in [-0.2, -0.15) is 0 Å². The summed E-state index contributed by atoms with van der Waals surface area (Å²) >= 11 is 6.90. The summed E-state index contributed by atoms with van der Waals surface area (Å²) in [6, 6.07) is 4.36. The van der Waals surface area contributed by atoms with Crippen molar-refractivity contribution < 1.29 is 9.53 Å². The second kappa shape index (κ2) is 7.61. The zero-order chi connectivity index (χ0) is 17.2. The Morgan fingerprint density at radius 2 is 1.87 bits per heavy atom. The Labute approximate surface area is 158 Å². The molecule has 1 fully saturated rings. The summed E-state index contributed by atoms with van der Waals surface area (Å²) in [5.41, 5.74) is 2.07. The Morgan fingerprint density at radius 1 is 1.26 bits per heavy atom. The number of amides is 1. The van der Waals surface area contributed by atoms with Crippen molar-refractivity contribution in [2.45, 2.75) is 44.7 Å². The van der Waals surface area contributed by atoms with Crippen molar-refractivity contribution in [1.82, 2.24) is 9.80 Å². The second-order valence-electron chi connectivity index (χ2n) is 6.97. The van der Waals surface area contributed by atoms with Gasteiger partial charge in [-0.05, 0) is 73.5 Å². The van der Waals surface area contributed by atoms with Gasteiger partial charge in [0.2, 0.25) is 0 Å². The molecule has 0 atom stereocenters. The van der Waals surface area contributed by atoms with Gasteiger partial charge in [-0.15, -0.1) is 12.6 Å². The van der Waals surface area contributed by atoms with Gasteiger partial charge in [-0.3, -0.25) is 4.90 Å². The number of hydrogen-bond acceptors (Lipinski definition) is 4. The van der Waals surface area contributed by atoms with Crippen molar-refractivity contribution in [3.05, 3.63) is 26.8 Å². The zero-order valence-corrected chi connectivity index (χ0v) is 17.3. The lowest BCUT2D eigenvalue weighted by Gasteiger charge is -2.35. The standard InChI is InChI=1S/C17H25IN2O2S/c1-12-14(18)9-13(10-15(12)23)11-19-5-7-20(8-6-19)16(21)22-17(2,3)4/h9-10,23H,5-8,11H2,1-4H3. The molecule has 0 saturated carbocycles. The van der Waals surface area contributed by atoms with E-state index in [-0.39, 0.29) is 6.09 Å². The molecular weight excluding hydrogens is 423 g/mol. The average Bonchev–Trinajstić information content (AvgIpc) is 2.43. The largest absolute Gasteiger partial charge is 0.444 e. The van der Waals surface area contributed by atoms with Crippen molar-refractivity contribution in [2.24, 2.45) is 0 Å². The van der Waals surface area contributed by atoms with E-state index in [1.807, 2.05) is 20.8 Å². The first kappa shape index (κ1) is 18.9. The Hall–Kier alpha value is -0.470. The molecule has 0 bridgehead atoms. The molecule has 0 aromatic heterocycles. The molecule has 0 radical (unpaired) electrons. The van der Waals surface area contributed by atoms with Crippen molar-refractivity contribution >= 4 is 41.3 Å². The summed E-state index contributed by atoms with van der Waals surface area (Å²) in [7, 11) is 0. The molecule has 4 nitrogen and oxygen atoms in total. The maximum Gasteiger partial charge on any atom is 0.410 e. The third-order valence-electron chi connectivity index (χ3n) is 3.81. The van der Waals surface area contributed by atoms with Gasteiger partial charge in [0, 0.05) is 41.2 Å². The highest BCUT2D eigenvalue weighted by molar-refractivity contribution is 14.1. The van der Waals surface area contributed by atoms with E-state index in [1.54, 1.807) is 4.90 Å². The molecule has 6 heteroatoms. The van der Waals surface area contributed by atoms with Gasteiger partial charge in [0.05, 0.1) is 0 Å². The maximum atomic E-state index is 12.1. The highest BCUT2D eigenvalue weighted by Gasteiger charge is 2.25. The lowest BCUT2D eigenvalue weighted by molar-refractivity contribution is 0.0139. The minimum Gasteiger partial charge on any atom is -0.444 e. The topological polar surface area (TPSA) is 32.8 Å². The summed E-state index contributed by atoms with van der Waals surface area (Å²) in [5, 5.41) is 0. The van der Waals surface area contributed by atoms with Crippen LogP contribution in [-0.4, -0.2) is 47.7 Å². The van der Waals surface area contributed by atoms with E-state index in [4.69, 9.17) is 4.74 Å². The van der Waals surface area contributed by atoms with E-state index >= 15 is 0 Å². The number of hydrogen-bond donors (Lipinski definition) is 1. The monoisotopic (exact) mass is 448 g/mol. The first-order chi connectivity index (χ1) is 10.7. The van der Waals surface area contributed by atoms with Gasteiger partial charge in [-0.1, -0.05) is 0 Å². The molecule has 1 aliphatic heterocycles. The predicted molar refractivity (Wildman–Crippen MR) is 104 cm³/mol. The lowest BCUT2D eigenvalue weighted by Crippen LogP contribution is -2.49. The third-order valence-corrected chi connectivity index (χ3v) is 5.39. The molecule has 23 heavy (non-hydrogen) atoms. The molecule has 0 unspecified atom stereocenters. The summed E-state index contributed by atoms with van der Waals surface area (Å²) in [5.74, 6) is 0. The third kappa shape index (κ3) is 5.53. The maximum absolute atomic E-state index is 12.1. The van der Waals surface area contributed by atoms with Crippen molar-refractivity contribution in [3.63, 3.8) is 0 Å². The number of nitrogens with zero attached hydrogens (tertiary/aromatic N) is 2. The minimum atomic E-state index is -0.435. The van der Waals surface area contributed by atoms with Crippen molar-refractivity contribution in [3.8, 4) is 0 Å². The highest BCUT2D eigenvalue weighted by atomic mass is 127. The summed E-state index contributed by atoms with van der Waals surface area (Å²) < 4.78 is 6.68. The fraction of sp³-hybridized carbons (Fsp3) is 0.588. The predicted octanol–water partition coefficient (Wildman–Crippen LogP) is 3.94. The molecule has 1 aromatic carbocycles. The van der Waals surface area contributed by atoms with Crippen LogP contribution in [0.1, 0.15) is 31.9 Å². The molecule has 1 heterocycles. The smallest absolute Gasteiger partial charge is 0.410 e. The van der Waals surface area contributed by atoms with Crippen LogP contribution in [0.25, 0.3) is 0 Å². The van der Waals surface area contributed by atoms with E-state index in [1.165, 1.54) is 14.7 Å². The minimum absolute atomic E-state index is 0.209. The van der Waals surface area contributed by atoms with Gasteiger partial charge < -0.3 is 9.64 Å². The van der Waals surface area contributed by atoms with Crippen LogP contribution in [0, 0.1) is 10.5 Å². The molecule has 2 rings (SSSR count). The Balaban J connectivity index is 1.89. The number of benzene rings is 1. The molecule has 1 aliphatic rings.